The lowest BCUT2D eigenvalue weighted by molar-refractivity contribution is 0.311. The quantitative estimate of drug-likeness (QED) is 0.504. The van der Waals surface area contributed by atoms with Crippen LogP contribution < -0.4 is 5.73 Å². The van der Waals surface area contributed by atoms with Crippen molar-refractivity contribution in [3.05, 3.63) is 0 Å². The zero-order valence-electron chi connectivity index (χ0n) is 9.59. The summed E-state index contributed by atoms with van der Waals surface area (Å²) in [6, 6.07) is 0. The molecule has 1 saturated heterocycles. The van der Waals surface area contributed by atoms with Crippen LogP contribution in [0.1, 0.15) is 12.8 Å². The minimum absolute atomic E-state index is 0.0516. The van der Waals surface area contributed by atoms with Crippen LogP contribution in [-0.2, 0) is 19.9 Å². The molecule has 1 aliphatic rings. The molecule has 0 amide bonds. The van der Waals surface area contributed by atoms with Gasteiger partial charge in [-0.2, -0.15) is 0 Å². The van der Waals surface area contributed by atoms with Crippen molar-refractivity contribution in [1.82, 2.24) is 4.31 Å². The number of hydrogen-bond acceptors (Lipinski definition) is 5. The van der Waals surface area contributed by atoms with Crippen LogP contribution in [0.4, 0.5) is 0 Å². The molecule has 0 aliphatic carbocycles. The highest BCUT2D eigenvalue weighted by Crippen LogP contribution is 2.19. The Morgan fingerprint density at radius 2 is 2.00 bits per heavy atom. The van der Waals surface area contributed by atoms with Crippen molar-refractivity contribution in [1.29, 1.82) is 5.41 Å². The van der Waals surface area contributed by atoms with E-state index in [9.17, 15) is 16.8 Å². The molecule has 17 heavy (non-hydrogen) atoms. The maximum Gasteiger partial charge on any atom is 0.228 e. The molecular formula is C8H17N3O4S2. The van der Waals surface area contributed by atoms with Crippen LogP contribution in [0.3, 0.4) is 0 Å². The summed E-state index contributed by atoms with van der Waals surface area (Å²) < 4.78 is 46.8. The van der Waals surface area contributed by atoms with Crippen LogP contribution in [-0.4, -0.2) is 51.4 Å². The van der Waals surface area contributed by atoms with Gasteiger partial charge in [0.1, 0.15) is 0 Å². The van der Waals surface area contributed by atoms with Gasteiger partial charge in [0.25, 0.3) is 0 Å². The molecule has 100 valence electrons. The normalized spacial score (nSPS) is 23.5. The van der Waals surface area contributed by atoms with Gasteiger partial charge in [-0.3, -0.25) is 5.41 Å². The Balaban J connectivity index is 2.82. The van der Waals surface area contributed by atoms with Crippen LogP contribution in [0.5, 0.6) is 0 Å². The fraction of sp³-hybridized carbons (Fsp3) is 0.875. The van der Waals surface area contributed by atoms with Gasteiger partial charge in [-0.05, 0) is 12.8 Å². The second-order valence-electron chi connectivity index (χ2n) is 4.31. The van der Waals surface area contributed by atoms with Crippen molar-refractivity contribution < 1.29 is 16.8 Å². The molecule has 0 saturated carbocycles. The maximum absolute atomic E-state index is 11.8. The van der Waals surface area contributed by atoms with E-state index in [1.807, 2.05) is 0 Å². The summed E-state index contributed by atoms with van der Waals surface area (Å²) in [5.41, 5.74) is 5.34. The van der Waals surface area contributed by atoms with Crippen LogP contribution in [0.25, 0.3) is 0 Å². The second-order valence-corrected chi connectivity index (χ2v) is 8.78. The van der Waals surface area contributed by atoms with E-state index in [-0.39, 0.29) is 18.3 Å². The minimum Gasteiger partial charge on any atom is -0.387 e. The molecule has 0 aromatic rings. The minimum atomic E-state index is -3.81. The summed E-state index contributed by atoms with van der Waals surface area (Å²) in [6.07, 6.45) is 2.14. The molecule has 3 N–H and O–H groups in total. The van der Waals surface area contributed by atoms with Crippen LogP contribution in [0.15, 0.2) is 0 Å². The zero-order valence-corrected chi connectivity index (χ0v) is 11.2. The summed E-state index contributed by atoms with van der Waals surface area (Å²) in [4.78, 5) is 0. The summed E-state index contributed by atoms with van der Waals surface area (Å²) in [6.45, 7) is 0.398. The fourth-order valence-electron chi connectivity index (χ4n) is 1.79. The molecule has 1 aliphatic heterocycles. The molecule has 1 rings (SSSR count). The Kier molecular flexibility index (Phi) is 4.15. The van der Waals surface area contributed by atoms with E-state index in [0.717, 1.165) is 10.6 Å². The lowest BCUT2D eigenvalue weighted by atomic mass is 9.99. The number of nitrogens with two attached hydrogens (primary N) is 1. The highest BCUT2D eigenvalue weighted by molar-refractivity contribution is 8.06. The summed E-state index contributed by atoms with van der Waals surface area (Å²) in [5, 5.41) is 6.42. The van der Waals surface area contributed by atoms with Crippen molar-refractivity contribution in [2.24, 2.45) is 11.7 Å². The van der Waals surface area contributed by atoms with Gasteiger partial charge in [0.2, 0.25) is 10.0 Å². The lowest BCUT2D eigenvalue weighted by Crippen LogP contribution is -2.45. The van der Waals surface area contributed by atoms with Gasteiger partial charge in [0.05, 0.1) is 5.84 Å². The van der Waals surface area contributed by atoms with Crippen LogP contribution in [0, 0.1) is 11.3 Å². The standard InChI is InChI=1S/C8H17N3O4S2/c1-16(12,13)6-17(14,15)11-4-2-3-7(5-11)8(9)10/h7H,2-6H2,1H3,(H3,9,10). The van der Waals surface area contributed by atoms with Gasteiger partial charge >= 0.3 is 0 Å². The van der Waals surface area contributed by atoms with Crippen LogP contribution >= 0.6 is 0 Å². The molecule has 1 atom stereocenters. The zero-order chi connectivity index (χ0) is 13.3. The van der Waals surface area contributed by atoms with Gasteiger partial charge in [-0.15, -0.1) is 0 Å². The number of sulfone groups is 1. The Morgan fingerprint density at radius 3 is 2.47 bits per heavy atom. The predicted octanol–water partition coefficient (Wildman–Crippen LogP) is -1.03. The summed E-state index contributed by atoms with van der Waals surface area (Å²) in [5.74, 6) is -0.359. The van der Waals surface area contributed by atoms with Crippen molar-refractivity contribution in [2.45, 2.75) is 12.8 Å². The third-order valence-corrected chi connectivity index (χ3v) is 6.60. The number of piperidine rings is 1. The van der Waals surface area contributed by atoms with Gasteiger partial charge in [0, 0.05) is 25.3 Å². The second kappa shape index (κ2) is 4.91. The molecule has 0 radical (unpaired) electrons. The van der Waals surface area contributed by atoms with Crippen molar-refractivity contribution in [3.63, 3.8) is 0 Å². The van der Waals surface area contributed by atoms with E-state index >= 15 is 0 Å². The first-order valence-electron chi connectivity index (χ1n) is 5.11. The molecule has 1 unspecified atom stereocenters. The first-order valence-corrected chi connectivity index (χ1v) is 8.78. The van der Waals surface area contributed by atoms with Gasteiger partial charge in [-0.25, -0.2) is 21.1 Å². The topological polar surface area (TPSA) is 121 Å². The molecule has 9 heteroatoms. The average molecular weight is 283 g/mol. The molecule has 1 fully saturated rings. The SMILES string of the molecule is CS(=O)(=O)CS(=O)(=O)N1CCCC(C(=N)N)C1. The number of nitrogens with zero attached hydrogens (tertiary/aromatic N) is 1. The van der Waals surface area contributed by atoms with Gasteiger partial charge < -0.3 is 5.73 Å². The Labute approximate surface area is 101 Å². The highest BCUT2D eigenvalue weighted by atomic mass is 32.3. The number of nitrogens with one attached hydrogen (secondary N) is 1. The van der Waals surface area contributed by atoms with E-state index in [1.165, 1.54) is 0 Å². The van der Waals surface area contributed by atoms with E-state index in [0.29, 0.717) is 19.4 Å². The maximum atomic E-state index is 11.8. The monoisotopic (exact) mass is 283 g/mol. The first kappa shape index (κ1) is 14.4. The Hall–Kier alpha value is -0.670. The van der Waals surface area contributed by atoms with Crippen molar-refractivity contribution in [2.75, 3.05) is 24.4 Å². The largest absolute Gasteiger partial charge is 0.387 e. The van der Waals surface area contributed by atoms with Crippen LogP contribution in [0.2, 0.25) is 0 Å². The van der Waals surface area contributed by atoms with E-state index in [4.69, 9.17) is 11.1 Å². The smallest absolute Gasteiger partial charge is 0.228 e. The Bertz CT molecular complexity index is 497. The predicted molar refractivity (Wildman–Crippen MR) is 64.8 cm³/mol. The van der Waals surface area contributed by atoms with Crippen molar-refractivity contribution in [3.8, 4) is 0 Å². The molecule has 0 spiro atoms. The number of sulfonamides is 1. The third-order valence-electron chi connectivity index (χ3n) is 2.58. The molecule has 1 heterocycles. The Morgan fingerprint density at radius 1 is 1.41 bits per heavy atom. The van der Waals surface area contributed by atoms with Gasteiger partial charge in [0.15, 0.2) is 14.9 Å². The lowest BCUT2D eigenvalue weighted by Gasteiger charge is -2.30. The first-order chi connectivity index (χ1) is 7.62. The molecular weight excluding hydrogens is 266 g/mol. The van der Waals surface area contributed by atoms with E-state index in [1.54, 1.807) is 0 Å². The number of hydrogen-bond donors (Lipinski definition) is 2. The number of amidine groups is 1. The van der Waals surface area contributed by atoms with Crippen molar-refractivity contribution >= 4 is 25.7 Å². The number of rotatable bonds is 4. The summed E-state index contributed by atoms with van der Waals surface area (Å²) >= 11 is 0. The fourth-order valence-corrected chi connectivity index (χ4v) is 5.37. The summed E-state index contributed by atoms with van der Waals surface area (Å²) in [7, 11) is -7.40. The molecule has 0 bridgehead atoms. The van der Waals surface area contributed by atoms with Gasteiger partial charge in [-0.1, -0.05) is 0 Å². The van der Waals surface area contributed by atoms with E-state index < -0.39 is 24.9 Å². The third kappa shape index (κ3) is 4.25. The molecule has 0 aromatic carbocycles. The van der Waals surface area contributed by atoms with E-state index in [2.05, 4.69) is 0 Å². The average Bonchev–Trinajstić information content (AvgIpc) is 2.14. The highest BCUT2D eigenvalue weighted by Gasteiger charge is 2.32. The molecule has 0 aromatic heterocycles. The molecule has 7 nitrogen and oxygen atoms in total.